The summed E-state index contributed by atoms with van der Waals surface area (Å²) in [6, 6.07) is 0. The molecule has 43 heavy (non-hydrogen) atoms. The number of rotatable bonds is 11. The molecule has 1 aliphatic heterocycles. The molecule has 0 aromatic heterocycles. The van der Waals surface area contributed by atoms with Crippen LogP contribution < -0.4 is 0 Å². The summed E-state index contributed by atoms with van der Waals surface area (Å²) in [7, 11) is -4.39. The van der Waals surface area contributed by atoms with Crippen LogP contribution in [0, 0.1) is 29.6 Å². The number of hydrogen-bond acceptors (Lipinski definition) is 6. The predicted octanol–water partition coefficient (Wildman–Crippen LogP) is 8.57. The first kappa shape index (κ1) is 36.2. The van der Waals surface area contributed by atoms with Crippen molar-refractivity contribution in [2.75, 3.05) is 0 Å². The van der Waals surface area contributed by atoms with Crippen molar-refractivity contribution in [3.8, 4) is 0 Å². The van der Waals surface area contributed by atoms with E-state index in [1.165, 1.54) is 5.57 Å². The van der Waals surface area contributed by atoms with Crippen molar-refractivity contribution in [2.24, 2.45) is 29.6 Å². The van der Waals surface area contributed by atoms with Gasteiger partial charge in [-0.25, -0.2) is 0 Å². The van der Waals surface area contributed by atoms with Crippen LogP contribution in [0.4, 0.5) is 0 Å². The molecule has 1 N–H and O–H groups in total. The summed E-state index contributed by atoms with van der Waals surface area (Å²) in [5.41, 5.74) is 1.22. The number of hydrogen-bond donors (Lipinski definition) is 1. The molecule has 3 aliphatic rings. The summed E-state index contributed by atoms with van der Waals surface area (Å²) >= 11 is 0. The van der Waals surface area contributed by atoms with Crippen LogP contribution in [-0.4, -0.2) is 51.7 Å². The van der Waals surface area contributed by atoms with E-state index in [4.69, 9.17) is 13.9 Å². The molecule has 1 fully saturated rings. The summed E-state index contributed by atoms with van der Waals surface area (Å²) in [6.45, 7) is 25.8. The molecule has 0 amide bonds. The summed E-state index contributed by atoms with van der Waals surface area (Å²) in [5, 5.41) is -0.0790. The van der Waals surface area contributed by atoms with Crippen LogP contribution in [0.3, 0.4) is 0 Å². The van der Waals surface area contributed by atoms with E-state index in [-0.39, 0.29) is 64.0 Å². The van der Waals surface area contributed by atoms with E-state index in [0.717, 1.165) is 32.1 Å². The molecule has 0 spiro atoms. The average Bonchev–Trinajstić information content (AvgIpc) is 2.85. The van der Waals surface area contributed by atoms with Gasteiger partial charge in [-0.05, 0) is 91.7 Å². The van der Waals surface area contributed by atoms with Gasteiger partial charge >= 0.3 is 11.9 Å². The van der Waals surface area contributed by atoms with E-state index >= 15 is 0 Å². The number of cyclic esters (lactones) is 1. The topological polar surface area (TPSA) is 82.1 Å². The Morgan fingerprint density at radius 3 is 2.35 bits per heavy atom. The quantitative estimate of drug-likeness (QED) is 0.181. The standard InChI is InChI=1S/C35H62O6Si2/c1-13-23(2)33(37)40-30-21-28(41-43(11,12)34(4,5)6)20-26-15-14-24(3)29(32(26)30)17-16-27-18-25(19-31(36)39-27)22-35(7,8)42(9,10)38/h14-15,20,23-25,27-30,32,38H,13,16-19,21-22H2,1-12H3/t23-,24-,25+,27+,28+,29-,30-,32-/m0/s1. The molecular weight excluding hydrogens is 573 g/mol. The van der Waals surface area contributed by atoms with Gasteiger partial charge in [0.25, 0.3) is 0 Å². The van der Waals surface area contributed by atoms with Crippen molar-refractivity contribution >= 4 is 28.6 Å². The number of fused-ring (bicyclic) bond motifs is 1. The van der Waals surface area contributed by atoms with Crippen LogP contribution in [0.5, 0.6) is 0 Å². The van der Waals surface area contributed by atoms with Crippen molar-refractivity contribution in [2.45, 2.75) is 155 Å². The summed E-state index contributed by atoms with van der Waals surface area (Å²) in [6.07, 6.45) is 11.6. The normalized spacial score (nSPS) is 31.1. The Kier molecular flexibility index (Phi) is 11.5. The molecule has 0 unspecified atom stereocenters. The van der Waals surface area contributed by atoms with Crippen molar-refractivity contribution < 1.29 is 28.3 Å². The van der Waals surface area contributed by atoms with Crippen LogP contribution >= 0.6 is 0 Å². The van der Waals surface area contributed by atoms with Gasteiger partial charge in [0.05, 0.1) is 12.0 Å². The SMILES string of the molecule is CC[C@H](C)C(=O)O[C@H]1C[C@H](O[Si](C)(C)C(C)(C)C)C=C2C=C[C@H](C)[C@H](CC[C@@H]3C[C@@H](CC(C)(C)[Si](C)(C)O)CC(=O)O3)[C@H]21. The van der Waals surface area contributed by atoms with Crippen LogP contribution in [0.25, 0.3) is 0 Å². The molecule has 0 saturated carbocycles. The number of allylic oxidation sites excluding steroid dienone is 2. The zero-order chi connectivity index (χ0) is 32.5. The van der Waals surface area contributed by atoms with Crippen LogP contribution in [-0.2, 0) is 23.5 Å². The Labute approximate surface area is 264 Å². The fourth-order valence-corrected chi connectivity index (χ4v) is 8.76. The zero-order valence-corrected chi connectivity index (χ0v) is 31.3. The van der Waals surface area contributed by atoms with E-state index in [1.807, 2.05) is 26.9 Å². The predicted molar refractivity (Wildman–Crippen MR) is 180 cm³/mol. The lowest BCUT2D eigenvalue weighted by Gasteiger charge is -2.46. The zero-order valence-electron chi connectivity index (χ0n) is 29.3. The van der Waals surface area contributed by atoms with E-state index in [1.54, 1.807) is 0 Å². The molecule has 0 radical (unpaired) electrons. The third-order valence-corrected chi connectivity index (χ3v) is 19.5. The van der Waals surface area contributed by atoms with Gasteiger partial charge in [-0.3, -0.25) is 9.59 Å². The minimum absolute atomic E-state index is 0.0803. The minimum atomic E-state index is -2.37. The number of carbonyl (C=O) groups excluding carboxylic acids is 2. The van der Waals surface area contributed by atoms with Crippen LogP contribution in [0.2, 0.25) is 36.3 Å². The monoisotopic (exact) mass is 634 g/mol. The maximum atomic E-state index is 13.2. The average molecular weight is 635 g/mol. The van der Waals surface area contributed by atoms with Gasteiger partial charge in [0, 0.05) is 18.8 Å². The molecule has 8 atom stereocenters. The third kappa shape index (κ3) is 8.95. The molecule has 6 nitrogen and oxygen atoms in total. The van der Waals surface area contributed by atoms with Gasteiger partial charge in [0.15, 0.2) is 16.6 Å². The highest BCUT2D eigenvalue weighted by Gasteiger charge is 2.46. The summed E-state index contributed by atoms with van der Waals surface area (Å²) < 4.78 is 19.1. The van der Waals surface area contributed by atoms with Crippen molar-refractivity contribution in [1.82, 2.24) is 0 Å². The van der Waals surface area contributed by atoms with Gasteiger partial charge in [-0.2, -0.15) is 0 Å². The Hall–Kier alpha value is -1.23. The summed E-state index contributed by atoms with van der Waals surface area (Å²) in [4.78, 5) is 36.7. The third-order valence-electron chi connectivity index (χ3n) is 11.5. The van der Waals surface area contributed by atoms with E-state index < -0.39 is 16.6 Å². The highest BCUT2D eigenvalue weighted by Crippen LogP contribution is 2.48. The first-order chi connectivity index (χ1) is 19.6. The maximum absolute atomic E-state index is 13.2. The van der Waals surface area contributed by atoms with Gasteiger partial charge in [0.1, 0.15) is 12.2 Å². The van der Waals surface area contributed by atoms with Gasteiger partial charge < -0.3 is 18.7 Å². The Morgan fingerprint density at radius 1 is 1.12 bits per heavy atom. The van der Waals surface area contributed by atoms with Crippen molar-refractivity contribution in [3.63, 3.8) is 0 Å². The highest BCUT2D eigenvalue weighted by molar-refractivity contribution is 6.74. The second-order valence-corrected chi connectivity index (χ2v) is 25.9. The van der Waals surface area contributed by atoms with E-state index in [2.05, 4.69) is 72.9 Å². The van der Waals surface area contributed by atoms with Gasteiger partial charge in [-0.1, -0.05) is 73.6 Å². The minimum Gasteiger partial charge on any atom is -0.462 e. The van der Waals surface area contributed by atoms with Crippen molar-refractivity contribution in [1.29, 1.82) is 0 Å². The molecular formula is C35H62O6Si2. The lowest BCUT2D eigenvalue weighted by atomic mass is 9.66. The molecule has 2 aliphatic carbocycles. The van der Waals surface area contributed by atoms with Crippen LogP contribution in [0.15, 0.2) is 23.8 Å². The molecule has 3 rings (SSSR count). The molecule has 1 heterocycles. The first-order valence-corrected chi connectivity index (χ1v) is 22.7. The van der Waals surface area contributed by atoms with Crippen LogP contribution in [0.1, 0.15) is 100 Å². The second-order valence-electron chi connectivity index (χ2n) is 16.7. The van der Waals surface area contributed by atoms with E-state index in [0.29, 0.717) is 18.8 Å². The fourth-order valence-electron chi connectivity index (χ4n) is 6.69. The van der Waals surface area contributed by atoms with Gasteiger partial charge in [-0.15, -0.1) is 0 Å². The molecule has 0 aromatic carbocycles. The molecule has 1 saturated heterocycles. The maximum Gasteiger partial charge on any atom is 0.308 e. The van der Waals surface area contributed by atoms with Crippen molar-refractivity contribution in [3.05, 3.63) is 23.8 Å². The lowest BCUT2D eigenvalue weighted by molar-refractivity contribution is -0.161. The van der Waals surface area contributed by atoms with Gasteiger partial charge in [0.2, 0.25) is 0 Å². The Bertz CT molecular complexity index is 1050. The lowest BCUT2D eigenvalue weighted by Crippen LogP contribution is -2.48. The molecule has 0 aromatic rings. The number of ether oxygens (including phenoxy) is 2. The van der Waals surface area contributed by atoms with E-state index in [9.17, 15) is 14.4 Å². The number of carbonyl (C=O) groups is 2. The smallest absolute Gasteiger partial charge is 0.308 e. The highest BCUT2D eigenvalue weighted by atomic mass is 28.4. The Morgan fingerprint density at radius 2 is 1.77 bits per heavy atom. The largest absolute Gasteiger partial charge is 0.462 e. The number of esters is 2. The fraction of sp³-hybridized carbons (Fsp3) is 0.829. The second kappa shape index (κ2) is 13.6. The summed E-state index contributed by atoms with van der Waals surface area (Å²) in [5.74, 6) is 0.546. The first-order valence-electron chi connectivity index (χ1n) is 16.8. The molecule has 246 valence electrons. The Balaban J connectivity index is 1.82. The molecule has 0 bridgehead atoms. The molecule has 8 heteroatoms.